The minimum absolute atomic E-state index is 0.107. The molecule has 17 nitrogen and oxygen atoms in total. The first kappa shape index (κ1) is 94.1. The Hall–Kier alpha value is -1.94. The number of carbonyl (C=O) groups excluding carboxylic acids is 4. The SMILES string of the molecule is CCCCCCCCCCCCCCC(=O)O[C@H](COC(=O)CCCCCCCCCCC(C)C)COP(=O)(O)OC[C@H](O)COP(=O)(O)OC[C@@H](COC(=O)CCCCCCCCCCCCCCCC(C)C)OC(=O)CCCCCCCCCCCCCCCCC(C)C. The van der Waals surface area contributed by atoms with Crippen LogP contribution in [-0.4, -0.2) is 96.7 Å². The van der Waals surface area contributed by atoms with Gasteiger partial charge < -0.3 is 33.8 Å². The van der Waals surface area contributed by atoms with E-state index in [-0.39, 0.29) is 25.7 Å². The number of hydrogen-bond donors (Lipinski definition) is 3. The van der Waals surface area contributed by atoms with Crippen molar-refractivity contribution in [2.24, 2.45) is 17.8 Å². The number of aliphatic hydroxyl groups excluding tert-OH is 1. The van der Waals surface area contributed by atoms with Gasteiger partial charge in [0.25, 0.3) is 0 Å². The Balaban J connectivity index is 5.25. The van der Waals surface area contributed by atoms with E-state index in [4.69, 9.17) is 37.0 Å². The Bertz CT molecular complexity index is 1870. The van der Waals surface area contributed by atoms with Crippen LogP contribution in [0.2, 0.25) is 0 Å². The summed E-state index contributed by atoms with van der Waals surface area (Å²) in [7, 11) is -9.91. The van der Waals surface area contributed by atoms with Crippen molar-refractivity contribution in [3.63, 3.8) is 0 Å². The quantitative estimate of drug-likeness (QED) is 0.0222. The summed E-state index contributed by atoms with van der Waals surface area (Å²) in [4.78, 5) is 72.9. The number of esters is 4. The minimum Gasteiger partial charge on any atom is -0.462 e. The lowest BCUT2D eigenvalue weighted by molar-refractivity contribution is -0.161. The lowest BCUT2D eigenvalue weighted by atomic mass is 10.0. The fourth-order valence-corrected chi connectivity index (χ4v) is 13.4. The van der Waals surface area contributed by atoms with Crippen LogP contribution >= 0.6 is 15.6 Å². The molecule has 0 fully saturated rings. The summed E-state index contributed by atoms with van der Waals surface area (Å²) < 4.78 is 68.6. The van der Waals surface area contributed by atoms with Crippen molar-refractivity contribution in [2.75, 3.05) is 39.6 Å². The molecule has 0 aromatic carbocycles. The van der Waals surface area contributed by atoms with Crippen LogP contribution in [0, 0.1) is 17.8 Å². The second-order valence-corrected chi connectivity index (χ2v) is 32.1. The lowest BCUT2D eigenvalue weighted by Gasteiger charge is -2.21. The van der Waals surface area contributed by atoms with Crippen molar-refractivity contribution in [2.45, 2.75) is 414 Å². The summed E-state index contributed by atoms with van der Waals surface area (Å²) in [5.74, 6) is 0.198. The topological polar surface area (TPSA) is 237 Å². The molecule has 0 aliphatic heterocycles. The van der Waals surface area contributed by atoms with Gasteiger partial charge in [-0.1, -0.05) is 344 Å². The average Bonchev–Trinajstić information content (AvgIpc) is 1.25. The van der Waals surface area contributed by atoms with Gasteiger partial charge >= 0.3 is 39.5 Å². The zero-order chi connectivity index (χ0) is 70.9. The van der Waals surface area contributed by atoms with E-state index in [1.807, 2.05) is 0 Å². The molecule has 570 valence electrons. The first-order valence-corrected chi connectivity index (χ1v) is 42.8. The highest BCUT2D eigenvalue weighted by Gasteiger charge is 2.30. The smallest absolute Gasteiger partial charge is 0.462 e. The molecule has 3 N–H and O–H groups in total. The number of carbonyl (C=O) groups is 4. The molecular weight excluding hydrogens is 1260 g/mol. The van der Waals surface area contributed by atoms with Gasteiger partial charge in [0.15, 0.2) is 12.2 Å². The third-order valence-electron chi connectivity index (χ3n) is 17.9. The van der Waals surface area contributed by atoms with Crippen molar-refractivity contribution in [3.05, 3.63) is 0 Å². The fourth-order valence-electron chi connectivity index (χ4n) is 11.8. The number of phosphoric ester groups is 2. The summed E-state index contributed by atoms with van der Waals surface area (Å²) in [6.07, 6.45) is 54.0. The van der Waals surface area contributed by atoms with Gasteiger partial charge in [0, 0.05) is 25.7 Å². The average molecular weight is 1410 g/mol. The fraction of sp³-hybridized carbons (Fsp3) is 0.948. The molecule has 96 heavy (non-hydrogen) atoms. The Morgan fingerprint density at radius 2 is 0.479 bits per heavy atom. The van der Waals surface area contributed by atoms with Gasteiger partial charge in [0.2, 0.25) is 0 Å². The van der Waals surface area contributed by atoms with Gasteiger partial charge in [-0.3, -0.25) is 37.3 Å². The summed E-state index contributed by atoms with van der Waals surface area (Å²) in [5, 5.41) is 10.6. The largest absolute Gasteiger partial charge is 0.472 e. The van der Waals surface area contributed by atoms with Gasteiger partial charge in [0.1, 0.15) is 19.3 Å². The molecule has 0 saturated heterocycles. The molecule has 0 heterocycles. The van der Waals surface area contributed by atoms with Crippen LogP contribution < -0.4 is 0 Å². The van der Waals surface area contributed by atoms with Gasteiger partial charge in [-0.25, -0.2) is 9.13 Å². The predicted octanol–water partition coefficient (Wildman–Crippen LogP) is 22.6. The van der Waals surface area contributed by atoms with Gasteiger partial charge in [0.05, 0.1) is 26.4 Å². The Kier molecular flexibility index (Phi) is 66.2. The number of ether oxygens (including phenoxy) is 4. The maximum Gasteiger partial charge on any atom is 0.472 e. The zero-order valence-corrected chi connectivity index (χ0v) is 64.6. The lowest BCUT2D eigenvalue weighted by Crippen LogP contribution is -2.30. The van der Waals surface area contributed by atoms with Crippen LogP contribution in [0.5, 0.6) is 0 Å². The Morgan fingerprint density at radius 3 is 0.708 bits per heavy atom. The standard InChI is InChI=1S/C77H150O17P2/c1-8-9-10-11-12-13-14-24-30-39-46-53-60-76(81)94-73(65-88-75(80)59-52-45-38-33-32-36-43-50-57-70(6)7)67-92-96(85,86)90-63-71(78)62-89-95(83,84)91-66-72(64-87-74(79)58-51-44-37-29-25-21-17-19-23-28-35-42-49-56-69(4)5)93-77(82)61-54-47-40-31-26-20-16-15-18-22-27-34-41-48-55-68(2)3/h68-73,78H,8-67H2,1-7H3,(H,83,84)(H,85,86)/t71-,72-,73-/m1/s1. The molecule has 0 aromatic heterocycles. The highest BCUT2D eigenvalue weighted by Crippen LogP contribution is 2.45. The highest BCUT2D eigenvalue weighted by molar-refractivity contribution is 7.47. The van der Waals surface area contributed by atoms with Crippen LogP contribution in [0.4, 0.5) is 0 Å². The van der Waals surface area contributed by atoms with Crippen LogP contribution in [0.3, 0.4) is 0 Å². The van der Waals surface area contributed by atoms with Crippen molar-refractivity contribution < 1.29 is 80.2 Å². The van der Waals surface area contributed by atoms with Gasteiger partial charge in [-0.15, -0.1) is 0 Å². The normalized spacial score (nSPS) is 14.1. The third kappa shape index (κ3) is 70.5. The molecule has 0 aromatic rings. The number of rotatable bonds is 75. The number of unbranched alkanes of at least 4 members (excludes halogenated alkanes) is 43. The van der Waals surface area contributed by atoms with E-state index in [1.54, 1.807) is 0 Å². The number of phosphoric acid groups is 2. The first-order chi connectivity index (χ1) is 46.2. The Labute approximate surface area is 588 Å². The molecule has 0 amide bonds. The maximum atomic E-state index is 13.1. The molecule has 19 heteroatoms. The van der Waals surface area contributed by atoms with Crippen molar-refractivity contribution in [1.29, 1.82) is 0 Å². The molecule has 0 saturated carbocycles. The van der Waals surface area contributed by atoms with E-state index >= 15 is 0 Å². The van der Waals surface area contributed by atoms with Crippen molar-refractivity contribution in [3.8, 4) is 0 Å². The molecule has 0 aliphatic rings. The second kappa shape index (κ2) is 67.5. The summed E-state index contributed by atoms with van der Waals surface area (Å²) in [6, 6.07) is 0. The molecule has 0 spiro atoms. The molecular formula is C77H150O17P2. The molecule has 0 radical (unpaired) electrons. The second-order valence-electron chi connectivity index (χ2n) is 29.2. The molecule has 5 atom stereocenters. The van der Waals surface area contributed by atoms with Crippen LogP contribution in [0.25, 0.3) is 0 Å². The summed E-state index contributed by atoms with van der Waals surface area (Å²) in [6.45, 7) is 11.9. The maximum absolute atomic E-state index is 13.1. The van der Waals surface area contributed by atoms with Crippen LogP contribution in [0.15, 0.2) is 0 Å². The molecule has 0 rings (SSSR count). The van der Waals surface area contributed by atoms with E-state index in [9.17, 15) is 43.2 Å². The van der Waals surface area contributed by atoms with Crippen molar-refractivity contribution in [1.82, 2.24) is 0 Å². The third-order valence-corrected chi connectivity index (χ3v) is 19.8. The number of aliphatic hydroxyl groups is 1. The highest BCUT2D eigenvalue weighted by atomic mass is 31.2. The van der Waals surface area contributed by atoms with E-state index in [2.05, 4.69) is 48.5 Å². The van der Waals surface area contributed by atoms with E-state index in [0.29, 0.717) is 25.7 Å². The van der Waals surface area contributed by atoms with Crippen LogP contribution in [-0.2, 0) is 65.4 Å². The molecule has 0 bridgehead atoms. The molecule has 2 unspecified atom stereocenters. The van der Waals surface area contributed by atoms with E-state index in [1.165, 1.54) is 205 Å². The Morgan fingerprint density at radius 1 is 0.281 bits per heavy atom. The number of hydrogen-bond acceptors (Lipinski definition) is 15. The summed E-state index contributed by atoms with van der Waals surface area (Å²) >= 11 is 0. The molecule has 0 aliphatic carbocycles. The zero-order valence-electron chi connectivity index (χ0n) is 62.8. The van der Waals surface area contributed by atoms with E-state index < -0.39 is 97.5 Å². The van der Waals surface area contributed by atoms with Gasteiger partial charge in [-0.2, -0.15) is 0 Å². The van der Waals surface area contributed by atoms with Gasteiger partial charge in [-0.05, 0) is 43.4 Å². The van der Waals surface area contributed by atoms with E-state index in [0.717, 1.165) is 108 Å². The monoisotopic (exact) mass is 1410 g/mol. The van der Waals surface area contributed by atoms with Crippen molar-refractivity contribution >= 4 is 39.5 Å². The first-order valence-electron chi connectivity index (χ1n) is 39.8. The van der Waals surface area contributed by atoms with Crippen LogP contribution in [0.1, 0.15) is 395 Å². The minimum atomic E-state index is -4.96. The predicted molar refractivity (Wildman–Crippen MR) is 391 cm³/mol. The summed E-state index contributed by atoms with van der Waals surface area (Å²) in [5.41, 5.74) is 0.